The molecular formula is C19H36N4O4+2. The highest BCUT2D eigenvalue weighted by atomic mass is 16.5. The van der Waals surface area contributed by atoms with Crippen LogP contribution in [0, 0.1) is 5.92 Å². The van der Waals surface area contributed by atoms with Gasteiger partial charge >= 0.3 is 0 Å². The number of quaternary nitrogens is 2. The Balaban J connectivity index is 0.00000210. The Hall–Kier alpha value is -2.32. The van der Waals surface area contributed by atoms with Gasteiger partial charge in [-0.3, -0.25) is 9.59 Å². The predicted molar refractivity (Wildman–Crippen MR) is 105 cm³/mol. The number of phenolic OH excluding ortho intramolecular Hbond substituents is 1. The first-order valence-electron chi connectivity index (χ1n) is 9.24. The number of nitrogens with two attached hydrogens (primary N) is 1. The summed E-state index contributed by atoms with van der Waals surface area (Å²) in [5.41, 5.74) is 0.745. The van der Waals surface area contributed by atoms with Gasteiger partial charge in [0.15, 0.2) is 11.5 Å². The highest BCUT2D eigenvalue weighted by molar-refractivity contribution is 6.00. The van der Waals surface area contributed by atoms with Crippen molar-refractivity contribution >= 4 is 11.8 Å². The van der Waals surface area contributed by atoms with E-state index in [0.29, 0.717) is 18.8 Å². The maximum absolute atomic E-state index is 12.4. The maximum Gasteiger partial charge on any atom is 0.233 e. The second-order valence-electron chi connectivity index (χ2n) is 6.48. The van der Waals surface area contributed by atoms with Crippen LogP contribution in [-0.2, 0) is 16.0 Å². The van der Waals surface area contributed by atoms with E-state index in [2.05, 4.69) is 10.6 Å². The SMILES string of the molecule is CCNC(=O)C(Cc1ccc(O)c(OC)c1)C(=O)NCC[NH+](C)C.C[NH2+]C. The lowest BCUT2D eigenvalue weighted by Crippen LogP contribution is -3.06. The Kier molecular flexibility index (Phi) is 12.6. The molecule has 0 aromatic heterocycles. The van der Waals surface area contributed by atoms with Gasteiger partial charge in [0.2, 0.25) is 11.8 Å². The van der Waals surface area contributed by atoms with Crippen molar-refractivity contribution in [2.75, 3.05) is 54.9 Å². The topological polar surface area (TPSA) is 109 Å². The summed E-state index contributed by atoms with van der Waals surface area (Å²) in [5.74, 6) is -1.09. The molecule has 0 heterocycles. The first-order chi connectivity index (χ1) is 12.8. The minimum atomic E-state index is -0.823. The summed E-state index contributed by atoms with van der Waals surface area (Å²) in [6.45, 7) is 3.56. The molecule has 0 aliphatic carbocycles. The molecule has 0 saturated heterocycles. The number of hydrogen-bond donors (Lipinski definition) is 5. The van der Waals surface area contributed by atoms with Crippen molar-refractivity contribution in [1.82, 2.24) is 10.6 Å². The molecule has 27 heavy (non-hydrogen) atoms. The maximum atomic E-state index is 12.4. The molecule has 154 valence electrons. The van der Waals surface area contributed by atoms with E-state index in [1.807, 2.05) is 40.4 Å². The van der Waals surface area contributed by atoms with Crippen LogP contribution in [0.2, 0.25) is 0 Å². The molecule has 1 aromatic rings. The summed E-state index contributed by atoms with van der Waals surface area (Å²) in [4.78, 5) is 25.9. The second kappa shape index (κ2) is 13.8. The van der Waals surface area contributed by atoms with Crippen molar-refractivity contribution in [3.05, 3.63) is 23.8 Å². The quantitative estimate of drug-likeness (QED) is 0.310. The van der Waals surface area contributed by atoms with Crippen LogP contribution in [0.25, 0.3) is 0 Å². The molecule has 1 aromatic carbocycles. The zero-order valence-electron chi connectivity index (χ0n) is 17.4. The molecule has 0 fully saturated rings. The van der Waals surface area contributed by atoms with Gasteiger partial charge in [-0.2, -0.15) is 0 Å². The lowest BCUT2D eigenvalue weighted by atomic mass is 9.97. The number of rotatable bonds is 9. The second-order valence-corrected chi connectivity index (χ2v) is 6.48. The number of ether oxygens (including phenoxy) is 1. The van der Waals surface area contributed by atoms with E-state index >= 15 is 0 Å². The number of methoxy groups -OCH3 is 1. The molecule has 1 unspecified atom stereocenters. The number of likely N-dealkylation sites (N-methyl/N-ethyl adjacent to an activating group) is 1. The van der Waals surface area contributed by atoms with Crippen molar-refractivity contribution in [1.29, 1.82) is 0 Å². The highest BCUT2D eigenvalue weighted by Crippen LogP contribution is 2.27. The average molecular weight is 385 g/mol. The Labute approximate surface area is 162 Å². The summed E-state index contributed by atoms with van der Waals surface area (Å²) in [7, 11) is 9.45. The van der Waals surface area contributed by atoms with Gasteiger partial charge in [0.1, 0.15) is 5.92 Å². The molecule has 1 atom stereocenters. The van der Waals surface area contributed by atoms with E-state index in [1.165, 1.54) is 18.1 Å². The van der Waals surface area contributed by atoms with E-state index in [9.17, 15) is 14.7 Å². The van der Waals surface area contributed by atoms with Gasteiger partial charge in [-0.05, 0) is 31.0 Å². The monoisotopic (exact) mass is 384 g/mol. The summed E-state index contributed by atoms with van der Waals surface area (Å²) in [6.07, 6.45) is 0.239. The molecule has 0 aliphatic rings. The van der Waals surface area contributed by atoms with E-state index in [-0.39, 0.29) is 24.0 Å². The van der Waals surface area contributed by atoms with Crippen LogP contribution in [0.1, 0.15) is 12.5 Å². The van der Waals surface area contributed by atoms with Gasteiger partial charge in [-0.15, -0.1) is 0 Å². The third-order valence-electron chi connectivity index (χ3n) is 3.59. The first kappa shape index (κ1) is 24.7. The van der Waals surface area contributed by atoms with Crippen LogP contribution in [0.15, 0.2) is 18.2 Å². The Morgan fingerprint density at radius 2 is 1.81 bits per heavy atom. The van der Waals surface area contributed by atoms with Crippen molar-refractivity contribution in [2.24, 2.45) is 5.92 Å². The Morgan fingerprint density at radius 3 is 2.33 bits per heavy atom. The third kappa shape index (κ3) is 9.81. The summed E-state index contributed by atoms with van der Waals surface area (Å²) in [5, 5.41) is 17.2. The van der Waals surface area contributed by atoms with Gasteiger partial charge < -0.3 is 30.7 Å². The minimum absolute atomic E-state index is 0.0224. The minimum Gasteiger partial charge on any atom is -0.504 e. The van der Waals surface area contributed by atoms with Crippen molar-refractivity contribution < 1.29 is 29.6 Å². The highest BCUT2D eigenvalue weighted by Gasteiger charge is 2.26. The predicted octanol–water partition coefficient (Wildman–Crippen LogP) is -2.23. The van der Waals surface area contributed by atoms with Crippen LogP contribution in [0.3, 0.4) is 0 Å². The van der Waals surface area contributed by atoms with Crippen LogP contribution in [-0.4, -0.2) is 71.9 Å². The zero-order valence-corrected chi connectivity index (χ0v) is 17.4. The molecular weight excluding hydrogens is 348 g/mol. The fourth-order valence-corrected chi connectivity index (χ4v) is 2.25. The van der Waals surface area contributed by atoms with E-state index in [0.717, 1.165) is 12.1 Å². The Bertz CT molecular complexity index is 579. The Morgan fingerprint density at radius 1 is 1.22 bits per heavy atom. The molecule has 8 nitrogen and oxygen atoms in total. The zero-order chi connectivity index (χ0) is 20.8. The number of carbonyl (C=O) groups is 2. The largest absolute Gasteiger partial charge is 0.504 e. The molecule has 6 N–H and O–H groups in total. The van der Waals surface area contributed by atoms with Gasteiger partial charge in [0.25, 0.3) is 0 Å². The normalized spacial score (nSPS) is 11.2. The molecule has 1 rings (SSSR count). The fourth-order valence-electron chi connectivity index (χ4n) is 2.25. The smallest absolute Gasteiger partial charge is 0.233 e. The van der Waals surface area contributed by atoms with Crippen molar-refractivity contribution in [2.45, 2.75) is 13.3 Å². The molecule has 2 amide bonds. The number of nitrogens with one attached hydrogen (secondary N) is 3. The molecule has 0 radical (unpaired) electrons. The molecule has 8 heteroatoms. The molecule has 0 bridgehead atoms. The molecule has 0 saturated carbocycles. The number of amides is 2. The summed E-state index contributed by atoms with van der Waals surface area (Å²) in [6, 6.07) is 4.82. The third-order valence-corrected chi connectivity index (χ3v) is 3.59. The molecule has 0 spiro atoms. The standard InChI is InChI=1S/C17H27N3O4.C2H7N/c1-5-18-16(22)13(17(23)19-8-9-20(2)3)10-12-6-7-14(21)15(11-12)24-4;1-3-2/h6-7,11,13,21H,5,8-10H2,1-4H3,(H,18,22)(H,19,23);3H,1-2H3/p+2. The lowest BCUT2D eigenvalue weighted by Gasteiger charge is -2.17. The van der Waals surface area contributed by atoms with Gasteiger partial charge in [-0.25, -0.2) is 0 Å². The number of hydrogen-bond acceptors (Lipinski definition) is 4. The van der Waals surface area contributed by atoms with Crippen LogP contribution in [0.5, 0.6) is 11.5 Å². The van der Waals surface area contributed by atoms with Crippen molar-refractivity contribution in [3.8, 4) is 11.5 Å². The number of carbonyl (C=O) groups excluding carboxylic acids is 2. The van der Waals surface area contributed by atoms with Crippen LogP contribution < -0.4 is 25.6 Å². The van der Waals surface area contributed by atoms with Gasteiger partial charge in [0, 0.05) is 6.54 Å². The average Bonchev–Trinajstić information content (AvgIpc) is 2.61. The first-order valence-corrected chi connectivity index (χ1v) is 9.24. The van der Waals surface area contributed by atoms with Crippen molar-refractivity contribution in [3.63, 3.8) is 0 Å². The lowest BCUT2D eigenvalue weighted by molar-refractivity contribution is -0.856. The van der Waals surface area contributed by atoms with E-state index in [4.69, 9.17) is 4.74 Å². The van der Waals surface area contributed by atoms with Crippen LogP contribution >= 0.6 is 0 Å². The number of benzene rings is 1. The summed E-state index contributed by atoms with van der Waals surface area (Å²) >= 11 is 0. The van der Waals surface area contributed by atoms with E-state index in [1.54, 1.807) is 12.1 Å². The fraction of sp³-hybridized carbons (Fsp3) is 0.579. The summed E-state index contributed by atoms with van der Waals surface area (Å²) < 4.78 is 5.07. The van der Waals surface area contributed by atoms with Gasteiger partial charge in [-0.1, -0.05) is 6.07 Å². The molecule has 0 aliphatic heterocycles. The number of phenols is 1. The number of aromatic hydroxyl groups is 1. The van der Waals surface area contributed by atoms with Gasteiger partial charge in [0.05, 0.1) is 48.4 Å². The van der Waals surface area contributed by atoms with Crippen LogP contribution in [0.4, 0.5) is 0 Å². The van der Waals surface area contributed by atoms with E-state index < -0.39 is 5.92 Å².